The summed E-state index contributed by atoms with van der Waals surface area (Å²) in [6.45, 7) is 15.3. The SMILES string of the molecule is CC(=O)N[C@@H](C)C(=O)N[C@@H](CCC(=O)O)C(=O)N[C@@H](C)C(=O)N[C@@H](C)C(=O)N[C@@H](CC(C)C)C(=O)N1CCC[C@H]1C(=O)N[C@@H](CCCCN)C(=O)N[C@@H](C)C(=O)N[C@@H](C)C(=O)N[C@@H](C)C(=O)N[C@@H](CCCCN)C(=O)N[C@@H](CCC(=O)O)C(=O)N[C@@H](C)C(=O)N[C@@H](Cc1c[nH]c2ccccc12)C(=O)N[C@@H](CCC(=O)O)C(=O)N[C@@H](C)C(N)=O. The number of rotatable bonds is 52. The number of aromatic amines is 1. The zero-order valence-electron chi connectivity index (χ0n) is 68.3. The first-order valence-electron chi connectivity index (χ1n) is 39.1. The van der Waals surface area contributed by atoms with E-state index in [9.17, 15) is 111 Å². The van der Waals surface area contributed by atoms with Crippen LogP contribution in [0, 0.1) is 5.92 Å². The summed E-state index contributed by atoms with van der Waals surface area (Å²) in [5.74, 6) is -19.3. The number of nitrogens with one attached hydrogen (secondary N) is 16. The quantitative estimate of drug-likeness (QED) is 0.0275. The Labute approximate surface area is 681 Å². The summed E-state index contributed by atoms with van der Waals surface area (Å²) in [5.41, 5.74) is 18.0. The van der Waals surface area contributed by atoms with Crippen LogP contribution in [0.3, 0.4) is 0 Å². The van der Waals surface area contributed by atoms with Crippen molar-refractivity contribution in [2.75, 3.05) is 19.6 Å². The molecule has 2 aromatic rings. The number of likely N-dealkylation sites (tertiary alicyclic amines) is 1. The third kappa shape index (κ3) is 34.5. The number of hydrogen-bond acceptors (Lipinski definition) is 22. The summed E-state index contributed by atoms with van der Waals surface area (Å²) in [6.07, 6.45) is -0.270. The van der Waals surface area contributed by atoms with Crippen molar-refractivity contribution in [2.24, 2.45) is 23.1 Å². The Hall–Kier alpha value is -11.9. The summed E-state index contributed by atoms with van der Waals surface area (Å²) in [5, 5.41) is 65.9. The van der Waals surface area contributed by atoms with Crippen LogP contribution in [0.25, 0.3) is 10.9 Å². The number of carboxylic acid groups (broad SMARTS) is 3. The average Bonchev–Trinajstić information content (AvgIpc) is 1.66. The zero-order valence-corrected chi connectivity index (χ0v) is 68.3. The third-order valence-corrected chi connectivity index (χ3v) is 19.0. The molecule has 1 aliphatic rings. The molecule has 2 heterocycles. The minimum atomic E-state index is -1.70. The van der Waals surface area contributed by atoms with E-state index in [1.165, 1.54) is 60.3 Å². The maximum Gasteiger partial charge on any atom is 0.303 e. The Kier molecular flexibility index (Phi) is 42.4. The van der Waals surface area contributed by atoms with E-state index in [0.29, 0.717) is 42.1 Å². The van der Waals surface area contributed by atoms with Gasteiger partial charge in [-0.1, -0.05) is 32.0 Å². The molecule has 1 aliphatic heterocycles. The Balaban J connectivity index is 1.72. The van der Waals surface area contributed by atoms with Crippen LogP contribution in [-0.4, -0.2) is 260 Å². The number of aliphatic carboxylic acids is 3. The molecule has 25 N–H and O–H groups in total. The molecule has 0 spiro atoms. The van der Waals surface area contributed by atoms with Crippen molar-refractivity contribution in [3.8, 4) is 0 Å². The molecule has 1 saturated heterocycles. The molecule has 0 aliphatic carbocycles. The molecule has 3 rings (SSSR count). The van der Waals surface area contributed by atoms with E-state index in [0.717, 1.165) is 6.92 Å². The number of para-hydroxylation sites is 1. The van der Waals surface area contributed by atoms with Crippen LogP contribution in [0.15, 0.2) is 30.5 Å². The van der Waals surface area contributed by atoms with Crippen LogP contribution in [0.1, 0.15) is 178 Å². The Morgan fingerprint density at radius 1 is 0.407 bits per heavy atom. The van der Waals surface area contributed by atoms with Crippen molar-refractivity contribution in [3.63, 3.8) is 0 Å². The molecule has 43 heteroatoms. The molecule has 118 heavy (non-hydrogen) atoms. The molecule has 1 aromatic carbocycles. The second kappa shape index (κ2) is 49.9. The van der Waals surface area contributed by atoms with Gasteiger partial charge < -0.3 is 122 Å². The Morgan fingerprint density at radius 3 is 1.11 bits per heavy atom. The number of nitrogens with two attached hydrogens (primary N) is 3. The van der Waals surface area contributed by atoms with E-state index in [-0.39, 0.29) is 70.5 Å². The number of primary amides is 1. The van der Waals surface area contributed by atoms with Gasteiger partial charge in [0, 0.05) is 56.3 Å². The minimum Gasteiger partial charge on any atom is -0.481 e. The maximum atomic E-state index is 14.4. The maximum absolute atomic E-state index is 14.4. The van der Waals surface area contributed by atoms with Gasteiger partial charge in [-0.3, -0.25) is 95.9 Å². The van der Waals surface area contributed by atoms with Gasteiger partial charge in [0.05, 0.1) is 0 Å². The molecular formula is C75H118N20O23. The van der Waals surface area contributed by atoms with Crippen molar-refractivity contribution < 1.29 is 111 Å². The number of fused-ring (bicyclic) bond motifs is 1. The Bertz CT molecular complexity index is 3910. The number of benzene rings is 1. The number of aromatic nitrogens is 1. The fraction of sp³-hybridized carbons (Fsp3) is 0.627. The summed E-state index contributed by atoms with van der Waals surface area (Å²) >= 11 is 0. The van der Waals surface area contributed by atoms with Crippen LogP contribution in [0.5, 0.6) is 0 Å². The van der Waals surface area contributed by atoms with Gasteiger partial charge in [-0.2, -0.15) is 0 Å². The van der Waals surface area contributed by atoms with Crippen molar-refractivity contribution in [1.82, 2.24) is 89.6 Å². The van der Waals surface area contributed by atoms with E-state index >= 15 is 0 Å². The minimum absolute atomic E-state index is 0.00843. The highest BCUT2D eigenvalue weighted by atomic mass is 16.4. The lowest BCUT2D eigenvalue weighted by Gasteiger charge is -2.31. The highest BCUT2D eigenvalue weighted by molar-refractivity contribution is 6.01. The topological polar surface area (TPSA) is 680 Å². The largest absolute Gasteiger partial charge is 0.481 e. The van der Waals surface area contributed by atoms with Crippen molar-refractivity contribution >= 4 is 129 Å². The number of carboxylic acids is 3. The van der Waals surface area contributed by atoms with Gasteiger partial charge in [0.15, 0.2) is 0 Å². The van der Waals surface area contributed by atoms with Crippen molar-refractivity contribution in [2.45, 2.75) is 276 Å². The lowest BCUT2D eigenvalue weighted by molar-refractivity contribution is -0.143. The molecule has 43 nitrogen and oxygen atoms in total. The summed E-state index contributed by atoms with van der Waals surface area (Å²) in [4.78, 5) is 269. The number of amides is 17. The highest BCUT2D eigenvalue weighted by Gasteiger charge is 2.41. The second-order valence-electron chi connectivity index (χ2n) is 29.6. The molecule has 1 aromatic heterocycles. The standard InChI is InChI=1S/C75H118N20O23/c1-36(2)33-55(94-67(110)43(9)84-63(106)41(7)86-70(113)51(24-27-57(97)98)89-64(107)38(4)80-45(11)96)75(118)95-32-18-23-56(95)74(117)92-49(21-14-16-30-76)68(111)85-40(6)62(105)82-39(5)61(104)83-42(8)65(108)88-50(22-15-17-31-77)72(115)90-53(26-29-59(101)102)71(114)87-44(10)66(109)93-54(34-46-35-79-48-20-13-12-19-47(46)48)73(116)91-52(25-28-58(99)100)69(112)81-37(3)60(78)103/h12-13,19-20,35-44,49-56,79H,14-18,21-34,76-77H2,1-11H3,(H2,78,103)(H,80,96)(H,81,112)(H,82,105)(H,83,104)(H,84,106)(H,85,111)(H,86,113)(H,87,114)(H,88,108)(H,89,107)(H,90,115)(H,91,116)(H,92,117)(H,93,109)(H,94,110)(H,97,98)(H,99,100)(H,101,102)/t37-,38-,39-,40-,41-,42-,43-,44-,49-,50-,51-,52-,53-,54-,55-,56-/m0/s1. The lowest BCUT2D eigenvalue weighted by Crippen LogP contribution is -2.60. The lowest BCUT2D eigenvalue weighted by atomic mass is 10.0. The van der Waals surface area contributed by atoms with Crippen molar-refractivity contribution in [1.29, 1.82) is 0 Å². The summed E-state index contributed by atoms with van der Waals surface area (Å²) in [6, 6.07) is -15.3. The predicted molar refractivity (Wildman–Crippen MR) is 422 cm³/mol. The summed E-state index contributed by atoms with van der Waals surface area (Å²) in [7, 11) is 0. The van der Waals surface area contributed by atoms with Crippen LogP contribution in [0.4, 0.5) is 0 Å². The molecule has 1 fully saturated rings. The number of nitrogens with zero attached hydrogens (tertiary/aromatic N) is 1. The number of hydrogen-bond donors (Lipinski definition) is 22. The molecule has 16 atom stereocenters. The smallest absolute Gasteiger partial charge is 0.303 e. The molecule has 656 valence electrons. The number of carbonyl (C=O) groups excluding carboxylic acids is 17. The third-order valence-electron chi connectivity index (χ3n) is 19.0. The van der Waals surface area contributed by atoms with Gasteiger partial charge in [0.2, 0.25) is 100 Å². The van der Waals surface area contributed by atoms with Gasteiger partial charge in [-0.05, 0) is 163 Å². The number of H-pyrrole nitrogens is 1. The monoisotopic (exact) mass is 1670 g/mol. The molecule has 0 bridgehead atoms. The molecule has 17 amide bonds. The van der Waals surface area contributed by atoms with Gasteiger partial charge in [-0.25, -0.2) is 0 Å². The van der Waals surface area contributed by atoms with E-state index in [2.05, 4.69) is 84.7 Å². The fourth-order valence-corrected chi connectivity index (χ4v) is 12.2. The first kappa shape index (κ1) is 100. The fourth-order valence-electron chi connectivity index (χ4n) is 12.2. The predicted octanol–water partition coefficient (Wildman–Crippen LogP) is -5.46. The van der Waals surface area contributed by atoms with E-state index in [1.54, 1.807) is 44.3 Å². The first-order chi connectivity index (χ1) is 55.4. The molecule has 0 radical (unpaired) electrons. The van der Waals surface area contributed by atoms with Gasteiger partial charge in [-0.15, -0.1) is 0 Å². The molecule has 0 unspecified atom stereocenters. The van der Waals surface area contributed by atoms with E-state index in [4.69, 9.17) is 17.2 Å². The van der Waals surface area contributed by atoms with Gasteiger partial charge in [0.25, 0.3) is 0 Å². The first-order valence-corrected chi connectivity index (χ1v) is 39.1. The van der Waals surface area contributed by atoms with Crippen LogP contribution in [-0.2, 0) is 102 Å². The molecule has 0 saturated carbocycles. The van der Waals surface area contributed by atoms with E-state index in [1.807, 2.05) is 0 Å². The van der Waals surface area contributed by atoms with Crippen LogP contribution < -0.4 is 97.0 Å². The van der Waals surface area contributed by atoms with Crippen LogP contribution >= 0.6 is 0 Å². The normalized spacial score (nSPS) is 16.2. The average molecular weight is 1670 g/mol. The van der Waals surface area contributed by atoms with Crippen molar-refractivity contribution in [3.05, 3.63) is 36.0 Å². The van der Waals surface area contributed by atoms with E-state index < -0.39 is 247 Å². The number of unbranched alkanes of at least 4 members (excludes halogenated alkanes) is 2. The molecular weight excluding hydrogens is 1550 g/mol. The van der Waals surface area contributed by atoms with Gasteiger partial charge in [0.1, 0.15) is 96.7 Å². The summed E-state index contributed by atoms with van der Waals surface area (Å²) < 4.78 is 0. The second-order valence-corrected chi connectivity index (χ2v) is 29.6. The number of carbonyl (C=O) groups is 20. The Morgan fingerprint density at radius 2 is 0.729 bits per heavy atom. The van der Waals surface area contributed by atoms with Crippen LogP contribution in [0.2, 0.25) is 0 Å². The zero-order chi connectivity index (χ0) is 89.0. The highest BCUT2D eigenvalue weighted by Crippen LogP contribution is 2.23. The van der Waals surface area contributed by atoms with Gasteiger partial charge >= 0.3 is 17.9 Å².